The Morgan fingerprint density at radius 3 is 2.85 bits per heavy atom. The first-order valence-corrected chi connectivity index (χ1v) is 8.99. The molecule has 0 aliphatic carbocycles. The molecule has 2 bridgehead atoms. The van der Waals surface area contributed by atoms with E-state index in [1.54, 1.807) is 4.90 Å². The van der Waals surface area contributed by atoms with Gasteiger partial charge in [-0.1, -0.05) is 6.07 Å². The molecule has 1 amide bonds. The summed E-state index contributed by atoms with van der Waals surface area (Å²) in [4.78, 5) is 16.7. The fourth-order valence-electron chi connectivity index (χ4n) is 5.02. The van der Waals surface area contributed by atoms with Gasteiger partial charge in [0.15, 0.2) is 0 Å². The van der Waals surface area contributed by atoms with E-state index < -0.39 is 11.7 Å². The number of alkyl halides is 3. The molecule has 26 heavy (non-hydrogen) atoms. The topological polar surface area (TPSA) is 32.8 Å². The van der Waals surface area contributed by atoms with Crippen LogP contribution in [0.25, 0.3) is 0 Å². The van der Waals surface area contributed by atoms with E-state index in [4.69, 9.17) is 4.74 Å². The summed E-state index contributed by atoms with van der Waals surface area (Å²) >= 11 is 0. The fourth-order valence-corrected chi connectivity index (χ4v) is 5.02. The smallest absolute Gasteiger partial charge is 0.369 e. The fraction of sp³-hybridized carbons (Fsp3) is 0.632. The van der Waals surface area contributed by atoms with Gasteiger partial charge in [0.2, 0.25) is 0 Å². The number of ether oxygens (including phenoxy) is 1. The van der Waals surface area contributed by atoms with Gasteiger partial charge >= 0.3 is 6.18 Å². The number of likely N-dealkylation sites (tertiary alicyclic amines) is 1. The van der Waals surface area contributed by atoms with Crippen LogP contribution >= 0.6 is 0 Å². The summed E-state index contributed by atoms with van der Waals surface area (Å²) in [6.07, 6.45) is -2.28. The zero-order valence-electron chi connectivity index (χ0n) is 14.9. The summed E-state index contributed by atoms with van der Waals surface area (Å²) < 4.78 is 45.1. The molecule has 7 heteroatoms. The average molecular weight is 368 g/mol. The van der Waals surface area contributed by atoms with Gasteiger partial charge in [-0.15, -0.1) is 0 Å². The van der Waals surface area contributed by atoms with Gasteiger partial charge in [0.1, 0.15) is 0 Å². The van der Waals surface area contributed by atoms with Gasteiger partial charge < -0.3 is 14.5 Å². The van der Waals surface area contributed by atoms with Gasteiger partial charge in [-0.2, -0.15) is 13.2 Å². The van der Waals surface area contributed by atoms with E-state index in [1.807, 2.05) is 14.1 Å². The van der Waals surface area contributed by atoms with Crippen molar-refractivity contribution in [1.29, 1.82) is 0 Å². The second-order valence-electron chi connectivity index (χ2n) is 8.06. The summed E-state index contributed by atoms with van der Waals surface area (Å²) in [7, 11) is 4.05. The Balaban J connectivity index is 1.55. The van der Waals surface area contributed by atoms with Gasteiger partial charge in [0, 0.05) is 30.5 Å². The summed E-state index contributed by atoms with van der Waals surface area (Å²) in [5.41, 5.74) is -0.999. The van der Waals surface area contributed by atoms with Crippen molar-refractivity contribution in [3.63, 3.8) is 0 Å². The lowest BCUT2D eigenvalue weighted by Crippen LogP contribution is -2.40. The summed E-state index contributed by atoms with van der Waals surface area (Å²) in [5.74, 6) is 0.298. The molecule has 4 rings (SSSR count). The van der Waals surface area contributed by atoms with E-state index in [0.717, 1.165) is 31.5 Å². The number of hydrogen-bond donors (Lipinski definition) is 0. The molecule has 3 fully saturated rings. The first-order valence-electron chi connectivity index (χ1n) is 8.99. The number of fused-ring (bicyclic) bond motifs is 1. The quantitative estimate of drug-likeness (QED) is 0.823. The molecule has 4 atom stereocenters. The number of halogens is 3. The van der Waals surface area contributed by atoms with Gasteiger partial charge in [0.25, 0.3) is 5.91 Å². The van der Waals surface area contributed by atoms with Crippen molar-refractivity contribution in [2.45, 2.75) is 30.7 Å². The number of amides is 1. The third-order valence-electron chi connectivity index (χ3n) is 6.08. The van der Waals surface area contributed by atoms with Crippen LogP contribution in [0.3, 0.4) is 0 Å². The van der Waals surface area contributed by atoms with Crippen molar-refractivity contribution in [3.05, 3.63) is 35.4 Å². The largest absolute Gasteiger partial charge is 0.416 e. The first kappa shape index (κ1) is 17.8. The van der Waals surface area contributed by atoms with Gasteiger partial charge in [0.05, 0.1) is 23.8 Å². The Kier molecular flexibility index (Phi) is 4.08. The van der Waals surface area contributed by atoms with Crippen LogP contribution in [0, 0.1) is 11.8 Å². The lowest BCUT2D eigenvalue weighted by atomic mass is 9.73. The molecular weight excluding hydrogens is 345 g/mol. The molecule has 3 aliphatic rings. The van der Waals surface area contributed by atoms with E-state index >= 15 is 0 Å². The molecule has 142 valence electrons. The minimum absolute atomic E-state index is 0.0925. The molecule has 3 heterocycles. The highest BCUT2D eigenvalue weighted by Crippen LogP contribution is 2.55. The van der Waals surface area contributed by atoms with Crippen LogP contribution in [0.15, 0.2) is 24.3 Å². The Bertz CT molecular complexity index is 721. The maximum absolute atomic E-state index is 12.9. The highest BCUT2D eigenvalue weighted by molar-refractivity contribution is 5.94. The third-order valence-corrected chi connectivity index (χ3v) is 6.08. The highest BCUT2D eigenvalue weighted by Gasteiger charge is 2.63. The van der Waals surface area contributed by atoms with Gasteiger partial charge in [-0.25, -0.2) is 0 Å². The predicted octanol–water partition coefficient (Wildman–Crippen LogP) is 2.89. The normalized spacial score (nSPS) is 33.2. The SMILES string of the molecule is CN(C)C[C@H]1[C@H]2CN(C(=O)c3cccc(C(F)(F)F)c3)C[C@]23CC[C@H]1O3. The minimum atomic E-state index is -4.45. The second-order valence-corrected chi connectivity index (χ2v) is 8.06. The molecule has 1 spiro atoms. The maximum Gasteiger partial charge on any atom is 0.416 e. The highest BCUT2D eigenvalue weighted by atomic mass is 19.4. The zero-order valence-corrected chi connectivity index (χ0v) is 14.9. The Hall–Kier alpha value is -1.60. The standard InChI is InChI=1S/C19H23F3N2O2/c1-23(2)9-14-15-10-24(11-18(15)7-6-16(14)26-18)17(25)12-4-3-5-13(8-12)19(20,21)22/h3-5,8,14-16H,6-7,9-11H2,1-2H3/t14-,15+,16+,18+/m0/s1. The lowest BCUT2D eigenvalue weighted by molar-refractivity contribution is -0.137. The van der Waals surface area contributed by atoms with E-state index in [-0.39, 0.29) is 29.1 Å². The second kappa shape index (κ2) is 5.96. The molecule has 1 aromatic carbocycles. The first-order chi connectivity index (χ1) is 12.2. The minimum Gasteiger partial charge on any atom is -0.369 e. The number of carbonyl (C=O) groups is 1. The number of benzene rings is 1. The molecule has 0 radical (unpaired) electrons. The maximum atomic E-state index is 12.9. The molecule has 0 N–H and O–H groups in total. The van der Waals surface area contributed by atoms with Crippen molar-refractivity contribution in [1.82, 2.24) is 9.80 Å². The molecule has 0 saturated carbocycles. The predicted molar refractivity (Wildman–Crippen MR) is 89.7 cm³/mol. The molecule has 3 aliphatic heterocycles. The summed E-state index contributed by atoms with van der Waals surface area (Å²) in [6.45, 7) is 1.94. The average Bonchev–Trinajstić information content (AvgIpc) is 3.23. The van der Waals surface area contributed by atoms with Crippen LogP contribution in [0.5, 0.6) is 0 Å². The van der Waals surface area contributed by atoms with Crippen LogP contribution in [0.1, 0.15) is 28.8 Å². The Morgan fingerprint density at radius 1 is 1.38 bits per heavy atom. The van der Waals surface area contributed by atoms with E-state index in [9.17, 15) is 18.0 Å². The van der Waals surface area contributed by atoms with Crippen molar-refractivity contribution in [2.24, 2.45) is 11.8 Å². The van der Waals surface area contributed by atoms with E-state index in [0.29, 0.717) is 19.0 Å². The number of rotatable bonds is 3. The van der Waals surface area contributed by atoms with Crippen LogP contribution in [0.4, 0.5) is 13.2 Å². The molecule has 3 saturated heterocycles. The molecule has 1 aromatic rings. The van der Waals surface area contributed by atoms with Crippen LogP contribution in [-0.4, -0.2) is 61.1 Å². The number of carbonyl (C=O) groups excluding carboxylic acids is 1. The molecule has 0 aromatic heterocycles. The monoisotopic (exact) mass is 368 g/mol. The van der Waals surface area contributed by atoms with Crippen LogP contribution < -0.4 is 0 Å². The Labute approximate surface area is 150 Å². The van der Waals surface area contributed by atoms with E-state index in [2.05, 4.69) is 4.90 Å². The Morgan fingerprint density at radius 2 is 2.15 bits per heavy atom. The van der Waals surface area contributed by atoms with Crippen molar-refractivity contribution in [3.8, 4) is 0 Å². The zero-order chi connectivity index (χ0) is 18.7. The van der Waals surface area contributed by atoms with Crippen LogP contribution in [-0.2, 0) is 10.9 Å². The molecular formula is C19H23F3N2O2. The number of nitrogens with zero attached hydrogens (tertiary/aromatic N) is 2. The van der Waals surface area contributed by atoms with Crippen molar-refractivity contribution in [2.75, 3.05) is 33.7 Å². The van der Waals surface area contributed by atoms with Gasteiger partial charge in [-0.05, 0) is 45.1 Å². The van der Waals surface area contributed by atoms with Crippen molar-refractivity contribution < 1.29 is 22.7 Å². The third kappa shape index (κ3) is 2.81. The van der Waals surface area contributed by atoms with E-state index in [1.165, 1.54) is 12.1 Å². The summed E-state index contributed by atoms with van der Waals surface area (Å²) in [6, 6.07) is 4.69. The molecule has 0 unspecified atom stereocenters. The van der Waals surface area contributed by atoms with Crippen molar-refractivity contribution >= 4 is 5.91 Å². The lowest BCUT2D eigenvalue weighted by Gasteiger charge is -2.30. The molecule has 4 nitrogen and oxygen atoms in total. The van der Waals surface area contributed by atoms with Crippen LogP contribution in [0.2, 0.25) is 0 Å². The summed E-state index contributed by atoms with van der Waals surface area (Å²) in [5, 5.41) is 0. The number of hydrogen-bond acceptors (Lipinski definition) is 3. The van der Waals surface area contributed by atoms with Gasteiger partial charge in [-0.3, -0.25) is 4.79 Å².